The number of hydrogen-bond acceptors (Lipinski definition) is 4. The Balaban J connectivity index is 1.44. The van der Waals surface area contributed by atoms with E-state index in [0.717, 1.165) is 37.0 Å². The smallest absolute Gasteiger partial charge is 0.220 e. The average Bonchev–Trinajstić information content (AvgIpc) is 3.09. The lowest BCUT2D eigenvalue weighted by atomic mass is 9.86. The SMILES string of the molecule is O=C(CCc1ncc(-c2ccccc2)o1)NC[C@@H]1CCCC[C@@H]1O. The number of aliphatic hydroxyl groups is 1. The van der Waals surface area contributed by atoms with E-state index >= 15 is 0 Å². The van der Waals surface area contributed by atoms with E-state index in [-0.39, 0.29) is 17.9 Å². The van der Waals surface area contributed by atoms with Crippen LogP contribution in [0.2, 0.25) is 0 Å². The first-order valence-corrected chi connectivity index (χ1v) is 8.67. The van der Waals surface area contributed by atoms with Crippen LogP contribution >= 0.6 is 0 Å². The standard InChI is InChI=1S/C19H24N2O3/c22-16-9-5-4-8-15(16)12-20-18(23)10-11-19-21-13-17(24-19)14-6-2-1-3-7-14/h1-3,6-7,13,15-16,22H,4-5,8-12H2,(H,20,23)/t15-,16-/m0/s1. The van der Waals surface area contributed by atoms with Crippen molar-refractivity contribution in [2.45, 2.75) is 44.6 Å². The van der Waals surface area contributed by atoms with Gasteiger partial charge in [0.15, 0.2) is 11.7 Å². The molecular formula is C19H24N2O3. The van der Waals surface area contributed by atoms with E-state index in [0.29, 0.717) is 25.3 Å². The Kier molecular flexibility index (Phi) is 5.64. The molecule has 1 heterocycles. The minimum Gasteiger partial charge on any atom is -0.441 e. The van der Waals surface area contributed by atoms with E-state index in [1.807, 2.05) is 30.3 Å². The highest BCUT2D eigenvalue weighted by Gasteiger charge is 2.23. The van der Waals surface area contributed by atoms with Crippen molar-refractivity contribution in [3.05, 3.63) is 42.4 Å². The normalized spacial score (nSPS) is 20.7. The minimum absolute atomic E-state index is 0.0211. The Bertz CT molecular complexity index is 654. The summed E-state index contributed by atoms with van der Waals surface area (Å²) in [5.74, 6) is 1.46. The first-order valence-electron chi connectivity index (χ1n) is 8.67. The van der Waals surface area contributed by atoms with Gasteiger partial charge >= 0.3 is 0 Å². The largest absolute Gasteiger partial charge is 0.441 e. The zero-order valence-electron chi connectivity index (χ0n) is 13.8. The summed E-state index contributed by atoms with van der Waals surface area (Å²) in [6, 6.07) is 9.78. The zero-order valence-corrected chi connectivity index (χ0v) is 13.8. The summed E-state index contributed by atoms with van der Waals surface area (Å²) >= 11 is 0. The summed E-state index contributed by atoms with van der Waals surface area (Å²) < 4.78 is 5.70. The second-order valence-electron chi connectivity index (χ2n) is 6.40. The molecule has 5 heteroatoms. The summed E-state index contributed by atoms with van der Waals surface area (Å²) in [6.07, 6.45) is 6.29. The van der Waals surface area contributed by atoms with Gasteiger partial charge in [0.05, 0.1) is 12.3 Å². The summed E-state index contributed by atoms with van der Waals surface area (Å²) in [6.45, 7) is 0.556. The molecule has 5 nitrogen and oxygen atoms in total. The van der Waals surface area contributed by atoms with Gasteiger partial charge in [0.25, 0.3) is 0 Å². The highest BCUT2D eigenvalue weighted by molar-refractivity contribution is 5.76. The Hall–Kier alpha value is -2.14. The molecule has 0 aliphatic heterocycles. The van der Waals surface area contributed by atoms with Crippen LogP contribution < -0.4 is 5.32 Å². The molecular weight excluding hydrogens is 304 g/mol. The lowest BCUT2D eigenvalue weighted by Gasteiger charge is -2.27. The van der Waals surface area contributed by atoms with E-state index in [9.17, 15) is 9.90 Å². The summed E-state index contributed by atoms with van der Waals surface area (Å²) in [4.78, 5) is 16.2. The van der Waals surface area contributed by atoms with Crippen molar-refractivity contribution >= 4 is 5.91 Å². The summed E-state index contributed by atoms with van der Waals surface area (Å²) in [5.41, 5.74) is 0.979. The maximum Gasteiger partial charge on any atom is 0.220 e. The number of carbonyl (C=O) groups excluding carboxylic acids is 1. The van der Waals surface area contributed by atoms with E-state index in [4.69, 9.17) is 4.42 Å². The molecule has 0 unspecified atom stereocenters. The number of benzene rings is 1. The first-order chi connectivity index (χ1) is 11.7. The van der Waals surface area contributed by atoms with Crippen molar-refractivity contribution in [2.75, 3.05) is 6.54 Å². The number of hydrogen-bond donors (Lipinski definition) is 2. The fourth-order valence-electron chi connectivity index (χ4n) is 3.14. The van der Waals surface area contributed by atoms with Gasteiger partial charge in [-0.3, -0.25) is 4.79 Å². The van der Waals surface area contributed by atoms with Gasteiger partial charge < -0.3 is 14.8 Å². The Morgan fingerprint density at radius 3 is 2.83 bits per heavy atom. The van der Waals surface area contributed by atoms with Crippen LogP contribution in [0.1, 0.15) is 38.0 Å². The quantitative estimate of drug-likeness (QED) is 0.855. The molecule has 128 valence electrons. The third-order valence-corrected chi connectivity index (χ3v) is 4.61. The summed E-state index contributed by atoms with van der Waals surface area (Å²) in [5, 5.41) is 12.8. The number of carbonyl (C=O) groups is 1. The molecule has 1 amide bonds. The number of aliphatic hydroxyl groups excluding tert-OH is 1. The molecule has 0 bridgehead atoms. The van der Waals surface area contributed by atoms with Crippen molar-refractivity contribution < 1.29 is 14.3 Å². The van der Waals surface area contributed by atoms with Crippen molar-refractivity contribution in [1.82, 2.24) is 10.3 Å². The Labute approximate surface area is 142 Å². The zero-order chi connectivity index (χ0) is 16.8. The molecule has 3 rings (SSSR count). The molecule has 1 aliphatic rings. The van der Waals surface area contributed by atoms with Crippen LogP contribution in [0, 0.1) is 5.92 Å². The van der Waals surface area contributed by atoms with E-state index in [2.05, 4.69) is 10.3 Å². The van der Waals surface area contributed by atoms with Crippen molar-refractivity contribution in [3.8, 4) is 11.3 Å². The number of aryl methyl sites for hydroxylation is 1. The fraction of sp³-hybridized carbons (Fsp3) is 0.474. The minimum atomic E-state index is -0.278. The molecule has 2 atom stereocenters. The molecule has 1 aromatic heterocycles. The Morgan fingerprint density at radius 1 is 1.25 bits per heavy atom. The van der Waals surface area contributed by atoms with Crippen LogP contribution in [0.15, 0.2) is 40.9 Å². The Morgan fingerprint density at radius 2 is 2.04 bits per heavy atom. The van der Waals surface area contributed by atoms with E-state index in [1.165, 1.54) is 0 Å². The maximum atomic E-state index is 12.0. The molecule has 0 radical (unpaired) electrons. The van der Waals surface area contributed by atoms with Gasteiger partial charge in [0, 0.05) is 30.9 Å². The van der Waals surface area contributed by atoms with Gasteiger partial charge in [0.2, 0.25) is 5.91 Å². The van der Waals surface area contributed by atoms with Gasteiger partial charge in [-0.25, -0.2) is 4.98 Å². The van der Waals surface area contributed by atoms with Crippen LogP contribution in [0.25, 0.3) is 11.3 Å². The third kappa shape index (κ3) is 4.45. The van der Waals surface area contributed by atoms with Gasteiger partial charge in [-0.1, -0.05) is 43.2 Å². The van der Waals surface area contributed by atoms with Crippen LogP contribution in [-0.2, 0) is 11.2 Å². The molecule has 2 aromatic rings. The second kappa shape index (κ2) is 8.11. The highest BCUT2D eigenvalue weighted by atomic mass is 16.4. The third-order valence-electron chi connectivity index (χ3n) is 4.61. The van der Waals surface area contributed by atoms with Crippen molar-refractivity contribution in [1.29, 1.82) is 0 Å². The topological polar surface area (TPSA) is 75.4 Å². The molecule has 1 fully saturated rings. The number of amides is 1. The van der Waals surface area contributed by atoms with Crippen LogP contribution in [0.5, 0.6) is 0 Å². The molecule has 2 N–H and O–H groups in total. The fourth-order valence-corrected chi connectivity index (χ4v) is 3.14. The lowest BCUT2D eigenvalue weighted by molar-refractivity contribution is -0.121. The monoisotopic (exact) mass is 328 g/mol. The molecule has 1 aromatic carbocycles. The van der Waals surface area contributed by atoms with Gasteiger partial charge in [-0.05, 0) is 12.8 Å². The van der Waals surface area contributed by atoms with E-state index in [1.54, 1.807) is 6.20 Å². The highest BCUT2D eigenvalue weighted by Crippen LogP contribution is 2.23. The molecule has 0 spiro atoms. The molecule has 1 saturated carbocycles. The number of nitrogens with one attached hydrogen (secondary N) is 1. The molecule has 0 saturated heterocycles. The van der Waals surface area contributed by atoms with Crippen LogP contribution in [0.3, 0.4) is 0 Å². The molecule has 1 aliphatic carbocycles. The predicted octanol–water partition coefficient (Wildman–Crippen LogP) is 2.94. The number of aromatic nitrogens is 1. The number of rotatable bonds is 6. The van der Waals surface area contributed by atoms with E-state index < -0.39 is 0 Å². The number of oxazole rings is 1. The second-order valence-corrected chi connectivity index (χ2v) is 6.40. The molecule has 24 heavy (non-hydrogen) atoms. The van der Waals surface area contributed by atoms with Gasteiger partial charge in [-0.2, -0.15) is 0 Å². The van der Waals surface area contributed by atoms with Gasteiger partial charge in [-0.15, -0.1) is 0 Å². The first kappa shape index (κ1) is 16.7. The van der Waals surface area contributed by atoms with Crippen molar-refractivity contribution in [2.24, 2.45) is 5.92 Å². The lowest BCUT2D eigenvalue weighted by Crippen LogP contribution is -2.36. The average molecular weight is 328 g/mol. The van der Waals surface area contributed by atoms with Crippen LogP contribution in [0.4, 0.5) is 0 Å². The number of nitrogens with zero attached hydrogens (tertiary/aromatic N) is 1. The maximum absolute atomic E-state index is 12.0. The van der Waals surface area contributed by atoms with Crippen molar-refractivity contribution in [3.63, 3.8) is 0 Å². The van der Waals surface area contributed by atoms with Crippen LogP contribution in [-0.4, -0.2) is 28.6 Å². The predicted molar refractivity (Wildman–Crippen MR) is 91.2 cm³/mol. The summed E-state index contributed by atoms with van der Waals surface area (Å²) in [7, 11) is 0. The van der Waals surface area contributed by atoms with Gasteiger partial charge in [0.1, 0.15) is 0 Å².